The number of hydrogen-bond acceptors (Lipinski definition) is 4. The van der Waals surface area contributed by atoms with Crippen molar-refractivity contribution >= 4 is 39.2 Å². The summed E-state index contributed by atoms with van der Waals surface area (Å²) in [6.45, 7) is 0. The van der Waals surface area contributed by atoms with Gasteiger partial charge in [0.2, 0.25) is 5.95 Å². The molecule has 0 aliphatic carbocycles. The van der Waals surface area contributed by atoms with Gasteiger partial charge in [-0.05, 0) is 34.1 Å². The third-order valence-corrected chi connectivity index (χ3v) is 3.03. The number of nitrogens with one attached hydrogen (secondary N) is 2. The van der Waals surface area contributed by atoms with Crippen LogP contribution >= 0.6 is 27.5 Å². The number of H-pyrrole nitrogens is 1. The molecule has 0 unspecified atom stereocenters. The van der Waals surface area contributed by atoms with Crippen LogP contribution in [0.15, 0.2) is 33.7 Å². The van der Waals surface area contributed by atoms with E-state index in [4.69, 9.17) is 16.3 Å². The number of hydrogen-bond donors (Lipinski definition) is 2. The van der Waals surface area contributed by atoms with Gasteiger partial charge in [0.15, 0.2) is 0 Å². The van der Waals surface area contributed by atoms with Crippen LogP contribution in [-0.2, 0) is 0 Å². The quantitative estimate of drug-likeness (QED) is 0.908. The van der Waals surface area contributed by atoms with Crippen molar-refractivity contribution in [2.24, 2.45) is 0 Å². The predicted molar refractivity (Wildman–Crippen MR) is 73.8 cm³/mol. The summed E-state index contributed by atoms with van der Waals surface area (Å²) in [5.41, 5.74) is 0.443. The van der Waals surface area contributed by atoms with E-state index in [2.05, 4.69) is 31.2 Å². The molecule has 0 saturated carbocycles. The molecular formula is C11H9BrClN3O2. The van der Waals surface area contributed by atoms with Crippen molar-refractivity contribution in [3.8, 4) is 5.75 Å². The third-order valence-electron chi connectivity index (χ3n) is 2.17. The average Bonchev–Trinajstić information content (AvgIpc) is 2.34. The topological polar surface area (TPSA) is 67.0 Å². The maximum Gasteiger partial charge on any atom is 0.266 e. The first kappa shape index (κ1) is 12.9. The van der Waals surface area contributed by atoms with Gasteiger partial charge in [0.25, 0.3) is 5.56 Å². The van der Waals surface area contributed by atoms with Crippen LogP contribution in [0, 0.1) is 0 Å². The zero-order chi connectivity index (χ0) is 13.1. The highest BCUT2D eigenvalue weighted by molar-refractivity contribution is 9.10. The van der Waals surface area contributed by atoms with Crippen molar-refractivity contribution in [1.29, 1.82) is 0 Å². The fraction of sp³-hybridized carbons (Fsp3) is 0.0909. The van der Waals surface area contributed by atoms with Gasteiger partial charge in [0, 0.05) is 5.69 Å². The highest BCUT2D eigenvalue weighted by Gasteiger charge is 2.04. The summed E-state index contributed by atoms with van der Waals surface area (Å²) in [6, 6.07) is 5.18. The smallest absolute Gasteiger partial charge is 0.266 e. The van der Waals surface area contributed by atoms with Crippen LogP contribution < -0.4 is 15.6 Å². The first-order valence-electron chi connectivity index (χ1n) is 4.95. The maximum atomic E-state index is 11.4. The minimum absolute atomic E-state index is 0.257. The second-order valence-electron chi connectivity index (χ2n) is 3.38. The minimum Gasteiger partial charge on any atom is -0.495 e. The van der Waals surface area contributed by atoms with Gasteiger partial charge < -0.3 is 10.1 Å². The van der Waals surface area contributed by atoms with Crippen molar-refractivity contribution in [3.05, 3.63) is 44.2 Å². The number of ether oxygens (including phenoxy) is 1. The number of aromatic amines is 1. The molecule has 0 radical (unpaired) electrons. The van der Waals surface area contributed by atoms with Crippen molar-refractivity contribution < 1.29 is 4.74 Å². The van der Waals surface area contributed by atoms with Crippen LogP contribution in [0.25, 0.3) is 0 Å². The molecule has 2 aromatic rings. The Balaban J connectivity index is 2.26. The van der Waals surface area contributed by atoms with Crippen molar-refractivity contribution in [2.45, 2.75) is 0 Å². The molecule has 5 nitrogen and oxygen atoms in total. The van der Waals surface area contributed by atoms with Crippen LogP contribution in [0.3, 0.4) is 0 Å². The molecule has 0 bridgehead atoms. The Kier molecular flexibility index (Phi) is 3.88. The normalized spacial score (nSPS) is 10.2. The zero-order valence-corrected chi connectivity index (χ0v) is 11.7. The largest absolute Gasteiger partial charge is 0.495 e. The minimum atomic E-state index is -0.257. The molecule has 0 atom stereocenters. The summed E-state index contributed by atoms with van der Waals surface area (Å²) in [5.74, 6) is 0.920. The number of halogens is 2. The van der Waals surface area contributed by atoms with Gasteiger partial charge in [0.05, 0.1) is 18.3 Å². The van der Waals surface area contributed by atoms with Gasteiger partial charge in [-0.25, -0.2) is 4.98 Å². The van der Waals surface area contributed by atoms with E-state index in [9.17, 15) is 4.79 Å². The van der Waals surface area contributed by atoms with E-state index in [1.54, 1.807) is 25.3 Å². The fourth-order valence-corrected chi connectivity index (χ4v) is 1.78. The summed E-state index contributed by atoms with van der Waals surface area (Å²) in [6.07, 6.45) is 1.42. The molecule has 0 aliphatic rings. The van der Waals surface area contributed by atoms with Gasteiger partial charge in [-0.2, -0.15) is 0 Å². The van der Waals surface area contributed by atoms with Gasteiger partial charge in [-0.15, -0.1) is 0 Å². The van der Waals surface area contributed by atoms with Crippen molar-refractivity contribution in [3.63, 3.8) is 0 Å². The number of benzene rings is 1. The Morgan fingerprint density at radius 2 is 2.28 bits per heavy atom. The van der Waals surface area contributed by atoms with Gasteiger partial charge in [0.1, 0.15) is 10.2 Å². The number of anilines is 2. The molecule has 2 rings (SSSR count). The van der Waals surface area contributed by atoms with Crippen molar-refractivity contribution in [1.82, 2.24) is 9.97 Å². The van der Waals surface area contributed by atoms with E-state index in [0.717, 1.165) is 0 Å². The molecule has 1 aromatic carbocycles. The predicted octanol–water partition coefficient (Wildman–Crippen LogP) is 2.94. The molecular weight excluding hydrogens is 321 g/mol. The second-order valence-corrected chi connectivity index (χ2v) is 4.64. The first-order valence-corrected chi connectivity index (χ1v) is 6.12. The van der Waals surface area contributed by atoms with E-state index >= 15 is 0 Å². The molecule has 1 aromatic heterocycles. The second kappa shape index (κ2) is 5.41. The highest BCUT2D eigenvalue weighted by atomic mass is 79.9. The molecule has 0 spiro atoms. The third kappa shape index (κ3) is 2.83. The molecule has 2 N–H and O–H groups in total. The SMILES string of the molecule is COc1ccc(Nc2ncc(Br)c(=O)[nH]2)cc1Cl. The summed E-state index contributed by atoms with van der Waals surface area (Å²) in [4.78, 5) is 18.0. The van der Waals surface area contributed by atoms with E-state index < -0.39 is 0 Å². The lowest BCUT2D eigenvalue weighted by Gasteiger charge is -2.07. The summed E-state index contributed by atoms with van der Waals surface area (Å²) in [5, 5.41) is 3.41. The molecule has 0 amide bonds. The summed E-state index contributed by atoms with van der Waals surface area (Å²) >= 11 is 9.06. The molecule has 0 aliphatic heterocycles. The number of methoxy groups -OCH3 is 1. The Morgan fingerprint density at radius 3 is 2.89 bits per heavy atom. The molecule has 0 saturated heterocycles. The lowest BCUT2D eigenvalue weighted by molar-refractivity contribution is 0.415. The Morgan fingerprint density at radius 1 is 1.50 bits per heavy atom. The maximum absolute atomic E-state index is 11.4. The van der Waals surface area contributed by atoms with E-state index in [1.165, 1.54) is 6.20 Å². The fourth-order valence-electron chi connectivity index (χ4n) is 1.32. The first-order chi connectivity index (χ1) is 8.60. The molecule has 0 fully saturated rings. The van der Waals surface area contributed by atoms with Crippen molar-refractivity contribution in [2.75, 3.05) is 12.4 Å². The zero-order valence-electron chi connectivity index (χ0n) is 9.33. The van der Waals surface area contributed by atoms with E-state index in [1.807, 2.05) is 0 Å². The number of aromatic nitrogens is 2. The van der Waals surface area contributed by atoms with Gasteiger partial charge in [-0.3, -0.25) is 9.78 Å². The lowest BCUT2D eigenvalue weighted by Crippen LogP contribution is -2.10. The summed E-state index contributed by atoms with van der Waals surface area (Å²) in [7, 11) is 1.54. The Bertz CT molecular complexity index is 630. The van der Waals surface area contributed by atoms with E-state index in [0.29, 0.717) is 26.9 Å². The van der Waals surface area contributed by atoms with Gasteiger partial charge >= 0.3 is 0 Å². The Labute approximate surface area is 116 Å². The molecule has 94 valence electrons. The Hall–Kier alpha value is -1.53. The molecule has 1 heterocycles. The van der Waals surface area contributed by atoms with Crippen LogP contribution in [0.2, 0.25) is 5.02 Å². The van der Waals surface area contributed by atoms with Crippen LogP contribution in [-0.4, -0.2) is 17.1 Å². The summed E-state index contributed by atoms with van der Waals surface area (Å²) < 4.78 is 5.42. The van der Waals surface area contributed by atoms with Crippen LogP contribution in [0.4, 0.5) is 11.6 Å². The number of rotatable bonds is 3. The average molecular weight is 331 g/mol. The van der Waals surface area contributed by atoms with E-state index in [-0.39, 0.29) is 5.56 Å². The number of nitrogens with zero attached hydrogens (tertiary/aromatic N) is 1. The monoisotopic (exact) mass is 329 g/mol. The van der Waals surface area contributed by atoms with Gasteiger partial charge in [-0.1, -0.05) is 11.6 Å². The lowest BCUT2D eigenvalue weighted by atomic mass is 10.3. The molecule has 18 heavy (non-hydrogen) atoms. The van der Waals surface area contributed by atoms with Crippen LogP contribution in [0.5, 0.6) is 5.75 Å². The van der Waals surface area contributed by atoms with Crippen LogP contribution in [0.1, 0.15) is 0 Å². The standard InChI is InChI=1S/C11H9BrClN3O2/c1-18-9-3-2-6(4-8(9)13)15-11-14-5-7(12)10(17)16-11/h2-5H,1H3,(H2,14,15,16,17). The highest BCUT2D eigenvalue weighted by Crippen LogP contribution is 2.27. The molecule has 7 heteroatoms.